The Balaban J connectivity index is 2.14. The lowest BCUT2D eigenvalue weighted by molar-refractivity contribution is 0.0284. The number of carboxylic acid groups (broad SMARTS) is 1. The summed E-state index contributed by atoms with van der Waals surface area (Å²) in [5.41, 5.74) is 7.07. The third kappa shape index (κ3) is 3.24. The molecule has 1 aromatic carbocycles. The quantitative estimate of drug-likeness (QED) is 0.807. The Labute approximate surface area is 113 Å². The van der Waals surface area contributed by atoms with Gasteiger partial charge in [-0.15, -0.1) is 0 Å². The number of methoxy groups -OCH3 is 1. The normalized spacial score (nSPS) is 20.4. The van der Waals surface area contributed by atoms with Crippen molar-refractivity contribution < 1.29 is 14.6 Å². The van der Waals surface area contributed by atoms with Gasteiger partial charge in [0.15, 0.2) is 0 Å². The van der Waals surface area contributed by atoms with Crippen molar-refractivity contribution in [2.75, 3.05) is 25.9 Å². The number of nitrogen functional groups attached to an aromatic ring is 1. The van der Waals surface area contributed by atoms with E-state index in [1.54, 1.807) is 19.2 Å². The predicted molar refractivity (Wildman–Crippen MR) is 73.1 cm³/mol. The van der Waals surface area contributed by atoms with E-state index < -0.39 is 5.97 Å². The van der Waals surface area contributed by atoms with Gasteiger partial charge in [0.05, 0.1) is 11.7 Å². The Kier molecular flexibility index (Phi) is 4.39. The molecule has 0 aliphatic carbocycles. The number of hydrogen-bond acceptors (Lipinski definition) is 4. The third-order valence-electron chi connectivity index (χ3n) is 3.59. The average Bonchev–Trinajstić information content (AvgIpc) is 2.38. The number of hydrogen-bond donors (Lipinski definition) is 2. The molecular weight excluding hydrogens is 244 g/mol. The summed E-state index contributed by atoms with van der Waals surface area (Å²) < 4.78 is 5.38. The first-order valence-electron chi connectivity index (χ1n) is 6.47. The van der Waals surface area contributed by atoms with E-state index in [1.165, 1.54) is 0 Å². The molecule has 2 rings (SSSR count). The highest BCUT2D eigenvalue weighted by molar-refractivity contribution is 5.95. The van der Waals surface area contributed by atoms with Crippen molar-refractivity contribution in [1.29, 1.82) is 0 Å². The highest BCUT2D eigenvalue weighted by Gasteiger charge is 2.22. The molecule has 1 saturated heterocycles. The molecule has 5 nitrogen and oxygen atoms in total. The van der Waals surface area contributed by atoms with Crippen LogP contribution in [0.15, 0.2) is 18.2 Å². The van der Waals surface area contributed by atoms with Crippen molar-refractivity contribution in [3.63, 3.8) is 0 Å². The summed E-state index contributed by atoms with van der Waals surface area (Å²) in [4.78, 5) is 13.5. The Bertz CT molecular complexity index is 462. The zero-order valence-corrected chi connectivity index (χ0v) is 11.1. The summed E-state index contributed by atoms with van der Waals surface area (Å²) >= 11 is 0. The molecule has 19 heavy (non-hydrogen) atoms. The van der Waals surface area contributed by atoms with Crippen LogP contribution in [0, 0.1) is 0 Å². The second-order valence-corrected chi connectivity index (χ2v) is 4.92. The van der Waals surface area contributed by atoms with Crippen molar-refractivity contribution in [2.45, 2.75) is 25.5 Å². The molecule has 1 aliphatic rings. The summed E-state index contributed by atoms with van der Waals surface area (Å²) in [6, 6.07) is 5.26. The van der Waals surface area contributed by atoms with Gasteiger partial charge in [-0.05, 0) is 31.0 Å². The molecule has 1 unspecified atom stereocenters. The molecule has 0 saturated carbocycles. The van der Waals surface area contributed by atoms with Crippen LogP contribution in [0.25, 0.3) is 0 Å². The minimum atomic E-state index is -0.964. The Hall–Kier alpha value is -1.59. The summed E-state index contributed by atoms with van der Waals surface area (Å²) in [5, 5.41) is 9.25. The first kappa shape index (κ1) is 13.8. The van der Waals surface area contributed by atoms with Crippen LogP contribution in [0.3, 0.4) is 0 Å². The number of benzene rings is 1. The van der Waals surface area contributed by atoms with Gasteiger partial charge in [-0.1, -0.05) is 12.1 Å². The van der Waals surface area contributed by atoms with Crippen LogP contribution in [0.1, 0.15) is 28.8 Å². The molecule has 5 heteroatoms. The number of aromatic carboxylic acids is 1. The average molecular weight is 264 g/mol. The fraction of sp³-hybridized carbons (Fsp3) is 0.500. The van der Waals surface area contributed by atoms with Crippen LogP contribution in [0.4, 0.5) is 5.69 Å². The Morgan fingerprint density at radius 2 is 2.37 bits per heavy atom. The molecule has 104 valence electrons. The maximum Gasteiger partial charge on any atom is 0.338 e. The van der Waals surface area contributed by atoms with E-state index in [-0.39, 0.29) is 11.7 Å². The molecular formula is C14H20N2O3. The van der Waals surface area contributed by atoms with E-state index in [4.69, 9.17) is 10.5 Å². The summed E-state index contributed by atoms with van der Waals surface area (Å²) in [7, 11) is 1.72. The minimum absolute atomic E-state index is 0.224. The molecule has 1 heterocycles. The van der Waals surface area contributed by atoms with Crippen molar-refractivity contribution in [3.8, 4) is 0 Å². The van der Waals surface area contributed by atoms with Crippen molar-refractivity contribution in [2.24, 2.45) is 0 Å². The highest BCUT2D eigenvalue weighted by atomic mass is 16.5. The predicted octanol–water partition coefficient (Wildman–Crippen LogP) is 1.58. The van der Waals surface area contributed by atoms with Gasteiger partial charge in [0.25, 0.3) is 0 Å². The van der Waals surface area contributed by atoms with E-state index in [1.807, 2.05) is 6.07 Å². The lowest BCUT2D eigenvalue weighted by atomic mass is 10.0. The number of anilines is 1. The molecule has 0 spiro atoms. The zero-order valence-electron chi connectivity index (χ0n) is 11.1. The summed E-state index contributed by atoms with van der Waals surface area (Å²) in [6.45, 7) is 2.41. The zero-order chi connectivity index (χ0) is 13.8. The van der Waals surface area contributed by atoms with E-state index in [0.29, 0.717) is 12.2 Å². The molecule has 0 aromatic heterocycles. The van der Waals surface area contributed by atoms with Crippen LogP contribution in [-0.4, -0.2) is 42.3 Å². The largest absolute Gasteiger partial charge is 0.478 e. The van der Waals surface area contributed by atoms with Crippen LogP contribution in [-0.2, 0) is 11.3 Å². The van der Waals surface area contributed by atoms with Gasteiger partial charge in [-0.25, -0.2) is 4.79 Å². The van der Waals surface area contributed by atoms with Gasteiger partial charge in [-0.2, -0.15) is 0 Å². The van der Waals surface area contributed by atoms with E-state index in [9.17, 15) is 9.90 Å². The minimum Gasteiger partial charge on any atom is -0.478 e. The summed E-state index contributed by atoms with van der Waals surface area (Å²) in [5.74, 6) is -0.964. The first-order valence-corrected chi connectivity index (χ1v) is 6.47. The topological polar surface area (TPSA) is 75.8 Å². The van der Waals surface area contributed by atoms with Gasteiger partial charge in [-0.3, -0.25) is 4.90 Å². The van der Waals surface area contributed by atoms with Crippen LogP contribution in [0.2, 0.25) is 0 Å². The number of rotatable bonds is 4. The van der Waals surface area contributed by atoms with Gasteiger partial charge >= 0.3 is 5.97 Å². The summed E-state index contributed by atoms with van der Waals surface area (Å²) in [6.07, 6.45) is 2.38. The van der Waals surface area contributed by atoms with Gasteiger partial charge in [0.2, 0.25) is 0 Å². The van der Waals surface area contributed by atoms with E-state index >= 15 is 0 Å². The van der Waals surface area contributed by atoms with E-state index in [2.05, 4.69) is 4.90 Å². The Morgan fingerprint density at radius 1 is 1.58 bits per heavy atom. The van der Waals surface area contributed by atoms with Gasteiger partial charge < -0.3 is 15.6 Å². The highest BCUT2D eigenvalue weighted by Crippen LogP contribution is 2.21. The number of nitrogens with two attached hydrogens (primary N) is 1. The molecule has 0 bridgehead atoms. The number of ether oxygens (including phenoxy) is 1. The van der Waals surface area contributed by atoms with Crippen molar-refractivity contribution in [1.82, 2.24) is 4.90 Å². The monoisotopic (exact) mass is 264 g/mol. The number of piperidine rings is 1. The first-order chi connectivity index (χ1) is 9.11. The second kappa shape index (κ2) is 6.04. The smallest absolute Gasteiger partial charge is 0.338 e. The molecule has 0 radical (unpaired) electrons. The standard InChI is InChI=1S/C14H20N2O3/c1-19-11-5-3-7-16(9-11)8-10-4-2-6-12(15)13(10)14(17)18/h2,4,6,11H,3,5,7-9,15H2,1H3,(H,17,18). The number of carbonyl (C=O) groups is 1. The maximum atomic E-state index is 11.3. The van der Waals surface area contributed by atoms with Crippen molar-refractivity contribution >= 4 is 11.7 Å². The number of likely N-dealkylation sites (tertiary alicyclic amines) is 1. The number of nitrogens with zero attached hydrogens (tertiary/aromatic N) is 1. The molecule has 1 atom stereocenters. The number of carboxylic acids is 1. The second-order valence-electron chi connectivity index (χ2n) is 4.92. The fourth-order valence-corrected chi connectivity index (χ4v) is 2.60. The van der Waals surface area contributed by atoms with Crippen LogP contribution >= 0.6 is 0 Å². The molecule has 3 N–H and O–H groups in total. The molecule has 1 aliphatic heterocycles. The van der Waals surface area contributed by atoms with Crippen molar-refractivity contribution in [3.05, 3.63) is 29.3 Å². The lowest BCUT2D eigenvalue weighted by Crippen LogP contribution is -2.39. The van der Waals surface area contributed by atoms with Gasteiger partial charge in [0.1, 0.15) is 0 Å². The van der Waals surface area contributed by atoms with Gasteiger partial charge in [0, 0.05) is 25.9 Å². The maximum absolute atomic E-state index is 11.3. The lowest BCUT2D eigenvalue weighted by Gasteiger charge is -2.32. The molecule has 0 amide bonds. The van der Waals surface area contributed by atoms with Crippen LogP contribution in [0.5, 0.6) is 0 Å². The SMILES string of the molecule is COC1CCCN(Cc2cccc(N)c2C(=O)O)C1. The molecule has 1 fully saturated rings. The van der Waals surface area contributed by atoms with E-state index in [0.717, 1.165) is 31.5 Å². The molecule has 1 aromatic rings. The fourth-order valence-electron chi connectivity index (χ4n) is 2.60. The Morgan fingerprint density at radius 3 is 3.05 bits per heavy atom. The van der Waals surface area contributed by atoms with Crippen LogP contribution < -0.4 is 5.73 Å². The third-order valence-corrected chi connectivity index (χ3v) is 3.59.